The van der Waals surface area contributed by atoms with Crippen LogP contribution in [0.1, 0.15) is 53.4 Å². The van der Waals surface area contributed by atoms with Crippen molar-refractivity contribution in [1.29, 1.82) is 0 Å². The minimum Gasteiger partial charge on any atom is -0.478 e. The minimum atomic E-state index is -1.13. The summed E-state index contributed by atoms with van der Waals surface area (Å²) in [6.45, 7) is 7.98. The first-order valence-corrected chi connectivity index (χ1v) is 7.09. The molecule has 0 aliphatic heterocycles. The zero-order chi connectivity index (χ0) is 15.7. The summed E-state index contributed by atoms with van der Waals surface area (Å²) in [5, 5.41) is 17.8. The molecule has 4 heteroatoms. The van der Waals surface area contributed by atoms with Gasteiger partial charge in [0.2, 0.25) is 0 Å². The highest BCUT2D eigenvalue weighted by Crippen LogP contribution is 2.18. The van der Waals surface area contributed by atoms with E-state index < -0.39 is 11.9 Å². The second-order valence-corrected chi connectivity index (χ2v) is 5.75. The maximum atomic E-state index is 11.1. The van der Waals surface area contributed by atoms with Crippen LogP contribution in [-0.4, -0.2) is 22.2 Å². The predicted molar refractivity (Wildman–Crippen MR) is 79.6 cm³/mol. The summed E-state index contributed by atoms with van der Waals surface area (Å²) in [7, 11) is 0. The van der Waals surface area contributed by atoms with E-state index in [1.807, 2.05) is 0 Å². The Labute approximate surface area is 121 Å². The van der Waals surface area contributed by atoms with Gasteiger partial charge in [0.15, 0.2) is 0 Å². The van der Waals surface area contributed by atoms with E-state index in [0.29, 0.717) is 18.3 Å². The van der Waals surface area contributed by atoms with Gasteiger partial charge in [-0.05, 0) is 30.8 Å². The molecule has 1 atom stereocenters. The van der Waals surface area contributed by atoms with Gasteiger partial charge in [-0.2, -0.15) is 0 Å². The Morgan fingerprint density at radius 1 is 1.10 bits per heavy atom. The molecule has 0 heterocycles. The lowest BCUT2D eigenvalue weighted by Crippen LogP contribution is -2.05. The SMILES string of the molecule is CC(=CC(=O)O)C(=CCC(C)CCCC(C)C)C(=O)O. The molecule has 0 aliphatic rings. The van der Waals surface area contributed by atoms with Gasteiger partial charge in [-0.3, -0.25) is 0 Å². The molecule has 0 radical (unpaired) electrons. The van der Waals surface area contributed by atoms with Crippen LogP contribution in [0.2, 0.25) is 0 Å². The molecule has 0 aromatic heterocycles. The lowest BCUT2D eigenvalue weighted by molar-refractivity contribution is -0.132. The van der Waals surface area contributed by atoms with Crippen LogP contribution in [-0.2, 0) is 9.59 Å². The van der Waals surface area contributed by atoms with Crippen molar-refractivity contribution in [2.75, 3.05) is 0 Å². The number of hydrogen-bond acceptors (Lipinski definition) is 2. The first-order valence-electron chi connectivity index (χ1n) is 7.09. The largest absolute Gasteiger partial charge is 0.478 e. The van der Waals surface area contributed by atoms with Gasteiger partial charge in [0, 0.05) is 6.08 Å². The van der Waals surface area contributed by atoms with E-state index in [4.69, 9.17) is 10.2 Å². The number of carboxylic acids is 2. The Morgan fingerprint density at radius 2 is 1.70 bits per heavy atom. The molecule has 1 unspecified atom stereocenters. The van der Waals surface area contributed by atoms with Gasteiger partial charge in [0.1, 0.15) is 0 Å². The molecule has 0 spiro atoms. The fourth-order valence-corrected chi connectivity index (χ4v) is 1.99. The van der Waals surface area contributed by atoms with Crippen LogP contribution >= 0.6 is 0 Å². The van der Waals surface area contributed by atoms with E-state index in [1.165, 1.54) is 13.3 Å². The lowest BCUT2D eigenvalue weighted by atomic mass is 9.95. The van der Waals surface area contributed by atoms with E-state index in [0.717, 1.165) is 18.9 Å². The maximum absolute atomic E-state index is 11.1. The van der Waals surface area contributed by atoms with E-state index in [2.05, 4.69) is 20.8 Å². The predicted octanol–water partition coefficient (Wildman–Crippen LogP) is 3.88. The van der Waals surface area contributed by atoms with Crippen LogP contribution in [0.3, 0.4) is 0 Å². The Balaban J connectivity index is 4.56. The first-order chi connectivity index (χ1) is 9.23. The normalized spacial score (nSPS) is 14.4. The molecule has 0 aliphatic carbocycles. The second-order valence-electron chi connectivity index (χ2n) is 5.75. The fraction of sp³-hybridized carbons (Fsp3) is 0.625. The average molecular weight is 282 g/mol. The van der Waals surface area contributed by atoms with Crippen LogP contribution < -0.4 is 0 Å². The molecular formula is C16H26O4. The molecule has 2 N–H and O–H groups in total. The topological polar surface area (TPSA) is 74.6 Å². The Morgan fingerprint density at radius 3 is 2.15 bits per heavy atom. The number of carbonyl (C=O) groups is 2. The smallest absolute Gasteiger partial charge is 0.335 e. The summed E-state index contributed by atoms with van der Waals surface area (Å²) in [5.74, 6) is -1.11. The van der Waals surface area contributed by atoms with Crippen molar-refractivity contribution in [2.24, 2.45) is 11.8 Å². The molecule has 0 fully saturated rings. The number of rotatable bonds is 9. The van der Waals surface area contributed by atoms with E-state index in [9.17, 15) is 9.59 Å². The van der Waals surface area contributed by atoms with Crippen molar-refractivity contribution < 1.29 is 19.8 Å². The minimum absolute atomic E-state index is 0.0862. The van der Waals surface area contributed by atoms with Gasteiger partial charge in [-0.15, -0.1) is 0 Å². The van der Waals surface area contributed by atoms with Gasteiger partial charge in [0.05, 0.1) is 5.57 Å². The second kappa shape index (κ2) is 9.34. The van der Waals surface area contributed by atoms with E-state index >= 15 is 0 Å². The molecule has 20 heavy (non-hydrogen) atoms. The van der Waals surface area contributed by atoms with Crippen molar-refractivity contribution >= 4 is 11.9 Å². The summed E-state index contributed by atoms with van der Waals surface area (Å²) >= 11 is 0. The van der Waals surface area contributed by atoms with Gasteiger partial charge in [0.25, 0.3) is 0 Å². The molecule has 0 rings (SSSR count). The Bertz CT molecular complexity index is 391. The molecular weight excluding hydrogens is 256 g/mol. The number of allylic oxidation sites excluding steroid dienone is 1. The Kier molecular flexibility index (Phi) is 8.61. The van der Waals surface area contributed by atoms with Crippen molar-refractivity contribution in [2.45, 2.75) is 53.4 Å². The van der Waals surface area contributed by atoms with E-state index in [-0.39, 0.29) is 11.1 Å². The number of aliphatic carboxylic acids is 2. The summed E-state index contributed by atoms with van der Waals surface area (Å²) in [5.41, 5.74) is 0.363. The highest BCUT2D eigenvalue weighted by atomic mass is 16.4. The van der Waals surface area contributed by atoms with Crippen molar-refractivity contribution in [1.82, 2.24) is 0 Å². The van der Waals surface area contributed by atoms with Crippen molar-refractivity contribution in [3.63, 3.8) is 0 Å². The van der Waals surface area contributed by atoms with Crippen molar-refractivity contribution in [3.05, 3.63) is 23.3 Å². The van der Waals surface area contributed by atoms with Crippen LogP contribution in [0.4, 0.5) is 0 Å². The standard InChI is InChI=1S/C16H26O4/c1-11(2)6-5-7-12(3)8-9-14(16(19)20)13(4)10-15(17)18/h9-12H,5-8H2,1-4H3,(H,17,18)(H,19,20). The molecule has 0 aromatic carbocycles. The van der Waals surface area contributed by atoms with Crippen LogP contribution in [0.5, 0.6) is 0 Å². The quantitative estimate of drug-likeness (QED) is 0.497. The van der Waals surface area contributed by atoms with Crippen LogP contribution in [0.25, 0.3) is 0 Å². The highest BCUT2D eigenvalue weighted by molar-refractivity contribution is 5.94. The number of hydrogen-bond donors (Lipinski definition) is 2. The van der Waals surface area contributed by atoms with Crippen LogP contribution in [0, 0.1) is 11.8 Å². The Hall–Kier alpha value is -1.58. The van der Waals surface area contributed by atoms with Crippen LogP contribution in [0.15, 0.2) is 23.3 Å². The highest BCUT2D eigenvalue weighted by Gasteiger charge is 2.11. The molecule has 0 bridgehead atoms. The molecule has 114 valence electrons. The zero-order valence-corrected chi connectivity index (χ0v) is 12.8. The molecule has 0 aromatic rings. The first kappa shape index (κ1) is 18.4. The summed E-state index contributed by atoms with van der Waals surface area (Å²) < 4.78 is 0. The van der Waals surface area contributed by atoms with Gasteiger partial charge in [-0.1, -0.05) is 46.1 Å². The molecule has 4 nitrogen and oxygen atoms in total. The van der Waals surface area contributed by atoms with Crippen molar-refractivity contribution in [3.8, 4) is 0 Å². The summed E-state index contributed by atoms with van der Waals surface area (Å²) in [6.07, 6.45) is 6.60. The monoisotopic (exact) mass is 282 g/mol. The molecule has 0 saturated carbocycles. The summed E-state index contributed by atoms with van der Waals surface area (Å²) in [6, 6.07) is 0. The third-order valence-electron chi connectivity index (χ3n) is 3.20. The third-order valence-corrected chi connectivity index (χ3v) is 3.20. The average Bonchev–Trinajstić information content (AvgIpc) is 2.26. The number of carboxylic acid groups (broad SMARTS) is 2. The van der Waals surface area contributed by atoms with Gasteiger partial charge >= 0.3 is 11.9 Å². The zero-order valence-electron chi connectivity index (χ0n) is 12.8. The fourth-order valence-electron chi connectivity index (χ4n) is 1.99. The van der Waals surface area contributed by atoms with Gasteiger partial charge < -0.3 is 10.2 Å². The lowest BCUT2D eigenvalue weighted by Gasteiger charge is -2.11. The molecule has 0 saturated heterocycles. The van der Waals surface area contributed by atoms with Gasteiger partial charge in [-0.25, -0.2) is 9.59 Å². The maximum Gasteiger partial charge on any atom is 0.335 e. The van der Waals surface area contributed by atoms with E-state index in [1.54, 1.807) is 6.08 Å². The molecule has 0 amide bonds. The third kappa shape index (κ3) is 8.51. The summed E-state index contributed by atoms with van der Waals surface area (Å²) in [4.78, 5) is 21.7.